The number of halogens is 2. The first-order valence-corrected chi connectivity index (χ1v) is 48.8. The van der Waals surface area contributed by atoms with Crippen LogP contribution in [0.4, 0.5) is 89.2 Å². The van der Waals surface area contributed by atoms with Crippen LogP contribution in [-0.2, 0) is 67.1 Å². The molecule has 8 aromatic heterocycles. The maximum atomic E-state index is 12.3. The third kappa shape index (κ3) is 33.4. The van der Waals surface area contributed by atoms with Crippen LogP contribution in [0, 0.1) is 0 Å². The summed E-state index contributed by atoms with van der Waals surface area (Å²) in [7, 11) is 0. The van der Waals surface area contributed by atoms with Gasteiger partial charge in [0.25, 0.3) is 0 Å². The Morgan fingerprint density at radius 2 is 0.780 bits per heavy atom. The second-order valence-corrected chi connectivity index (χ2v) is 38.0. The van der Waals surface area contributed by atoms with Crippen LogP contribution in [0.25, 0.3) is 22.6 Å². The summed E-state index contributed by atoms with van der Waals surface area (Å²) in [4.78, 5) is 94.8. The number of nitrogens with one attached hydrogen (secondary N) is 8. The number of aryl methyl sites for hydroxylation is 4. The topological polar surface area (TPSA) is 435 Å². The molecule has 4 atom stereocenters. The van der Waals surface area contributed by atoms with E-state index in [9.17, 15) is 28.8 Å². The van der Waals surface area contributed by atoms with Crippen molar-refractivity contribution in [3.8, 4) is 0 Å². The average molecular weight is 1970 g/mol. The highest BCUT2D eigenvalue weighted by molar-refractivity contribution is 6.66. The van der Waals surface area contributed by atoms with E-state index in [1.807, 2.05) is 216 Å². The molecule has 0 spiro atoms. The average Bonchev–Trinajstić information content (AvgIpc) is 1.65. The lowest BCUT2D eigenvalue weighted by Gasteiger charge is -2.34. The first-order valence-electron chi connectivity index (χ1n) is 48.7. The van der Waals surface area contributed by atoms with Gasteiger partial charge in [-0.3, -0.25) is 14.4 Å². The maximum absolute atomic E-state index is 12.3. The van der Waals surface area contributed by atoms with Crippen molar-refractivity contribution in [3.63, 3.8) is 0 Å². The molecule has 14 N–H and O–H groups in total. The Kier molecular flexibility index (Phi) is 39.5. The van der Waals surface area contributed by atoms with Crippen LogP contribution in [0.2, 0.25) is 5.15 Å². The monoisotopic (exact) mass is 1970 g/mol. The number of hydrogen-bond donors (Lipinski definition) is 11. The molecule has 141 heavy (non-hydrogen) atoms. The van der Waals surface area contributed by atoms with Gasteiger partial charge in [-0.15, -0.1) is 0 Å². The summed E-state index contributed by atoms with van der Waals surface area (Å²) in [6.07, 6.45) is 22.0. The number of ketones is 2. The number of carbonyl (C=O) groups excluding carboxylic acids is 6. The van der Waals surface area contributed by atoms with Crippen molar-refractivity contribution in [2.24, 2.45) is 5.73 Å². The molecular weight excluding hydrogens is 1830 g/mol. The standard InChI is InChI=1S/C28H36N6O3.C24H33N7O2.C23H28N6O.C14H14ClN5.C10H20N2O2.C3H3ClO.C2H6/c1-6-20-17-29-34-25(30-21-11-8-10-19(14-21)15-23(35)7-2)16-24(32-26(20)34)33-13-9-12-22(18-33)31-27(36)37-28(3,4)5;1-5-16-14-26-31-21(27-18-9-6-8-17(25)12-18)13-20(29-22(16)31)30-11-7-10-19(15-30)28-23(32)33-24(2,3)4;1-3-17-14-25-29-22(26-19-9-5-7-16(11-19)12-20(30)4-2)13-21(27-23(17)29)28-10-6-8-18(24)15-28;1-2-9-8-17-20-13(7-12(15)19-14(9)20)18-11-5-3-4-10(16)6-11;1-10(2,3)14-9(13)12-8-5-4-6-11-7-8;1-2-3(4)5;1-2/h7-8,10-11,14,16-17,22,30H,2,6,9,12-13,15,18H2,1,3-5H3,(H,31,36);6,8-9,12-14,19,27H,5,7,10-11,15,25H2,1-4H3,(H,28,32);4-5,7,9,11,13-14,18,26H,2-3,6,8,10,12,15,24H2,1H3;3-8,18H,2,16H2,1H3;8,11H,4-7H2,1-3H3,(H,12,13);2H,1H2;1-2H3/i;;;;;;1D. The van der Waals surface area contributed by atoms with E-state index in [4.69, 9.17) is 70.9 Å². The summed E-state index contributed by atoms with van der Waals surface area (Å²) in [6, 6.07) is 38.8. The van der Waals surface area contributed by atoms with Gasteiger partial charge in [0.15, 0.2) is 34.2 Å². The number of rotatable bonds is 25. The van der Waals surface area contributed by atoms with Crippen molar-refractivity contribution in [2.75, 3.05) is 99.8 Å². The van der Waals surface area contributed by atoms with E-state index in [1.165, 1.54) is 12.2 Å². The molecule has 0 radical (unpaired) electrons. The van der Waals surface area contributed by atoms with Gasteiger partial charge in [-0.25, -0.2) is 34.3 Å². The number of benzene rings is 4. The van der Waals surface area contributed by atoms with Crippen molar-refractivity contribution in [1.29, 1.82) is 0 Å². The summed E-state index contributed by atoms with van der Waals surface area (Å²) in [6.45, 7) is 44.3. The molecule has 754 valence electrons. The van der Waals surface area contributed by atoms with Gasteiger partial charge in [-0.05, 0) is 248 Å². The number of piperidine rings is 4. The van der Waals surface area contributed by atoms with Crippen LogP contribution in [0.1, 0.15) is 190 Å². The highest BCUT2D eigenvalue weighted by Gasteiger charge is 2.31. The van der Waals surface area contributed by atoms with Crippen LogP contribution in [0.3, 0.4) is 0 Å². The minimum absolute atomic E-state index is 0.00170. The Bertz CT molecular complexity index is 6270. The zero-order valence-electron chi connectivity index (χ0n) is 84.7. The molecule has 4 aliphatic rings. The lowest BCUT2D eigenvalue weighted by Crippen LogP contribution is -2.49. The predicted octanol–water partition coefficient (Wildman–Crippen LogP) is 18.7. The first kappa shape index (κ1) is 108. The van der Waals surface area contributed by atoms with Crippen molar-refractivity contribution >= 4 is 156 Å². The number of carbonyl (C=O) groups is 6. The summed E-state index contributed by atoms with van der Waals surface area (Å²) < 4.78 is 29.5. The quantitative estimate of drug-likeness (QED) is 0.00832. The van der Waals surface area contributed by atoms with E-state index in [0.29, 0.717) is 49.4 Å². The number of nitrogens with zero attached hydrogens (tertiary/aromatic N) is 15. The number of hydrogen-bond acceptors (Lipinski definition) is 28. The Labute approximate surface area is 837 Å². The Hall–Kier alpha value is -13.9. The second kappa shape index (κ2) is 51.8. The van der Waals surface area contributed by atoms with Crippen LogP contribution in [0.5, 0.6) is 0 Å². The molecule has 35 nitrogen and oxygen atoms in total. The zero-order chi connectivity index (χ0) is 103. The Balaban J connectivity index is 0.000000184. The van der Waals surface area contributed by atoms with Crippen molar-refractivity contribution in [2.45, 2.75) is 235 Å². The minimum Gasteiger partial charge on any atom is -0.444 e. The third-order valence-electron chi connectivity index (χ3n) is 22.5. The van der Waals surface area contributed by atoms with Gasteiger partial charge in [-0.1, -0.05) is 109 Å². The van der Waals surface area contributed by atoms with Gasteiger partial charge in [0.05, 0.1) is 24.8 Å². The van der Waals surface area contributed by atoms with Gasteiger partial charge < -0.3 is 88.6 Å². The molecule has 0 bridgehead atoms. The largest absolute Gasteiger partial charge is 0.444 e. The highest BCUT2D eigenvalue weighted by atomic mass is 35.5. The predicted molar refractivity (Wildman–Crippen MR) is 566 cm³/mol. The summed E-state index contributed by atoms with van der Waals surface area (Å²) in [5, 5.41) is 43.7. The van der Waals surface area contributed by atoms with Crippen molar-refractivity contribution in [3.05, 3.63) is 223 Å². The SMILES string of the molecule is C=CC(=O)Cc1cccc(Nc2cc(N3CCCC(N)C3)nc3c(CC)cnn23)c1.C=CC(=O)Cc1cccc(Nc2cc(N3CCCC(NC(=O)OC(C)(C)C)C3)nc3c(CC)cnn23)c1.C=CC(=O)Cl.CC(C)(C)OC(=O)NC1CCCNC1.CCc1cnn2c(Nc3cccc(N)c3)cc(Cl)nc12.CCc1cnn2c(Nc3cccc(N)c3)cc(N3CCCC(NC(=O)OC(C)(C)C)C3)nc12.[2H]CC. The lowest BCUT2D eigenvalue weighted by molar-refractivity contribution is -0.114. The number of alkyl carbamates (subject to hydrolysis) is 3. The molecule has 16 rings (SSSR count). The number of aromatic nitrogens is 12. The molecule has 4 unspecified atom stereocenters. The first-order chi connectivity index (χ1) is 67.8. The molecule has 4 aromatic carbocycles. The van der Waals surface area contributed by atoms with Gasteiger partial charge >= 0.3 is 18.3 Å². The number of ether oxygens (including phenoxy) is 3. The number of nitrogen functional groups attached to an aromatic ring is 2. The molecule has 12 aromatic rings. The van der Waals surface area contributed by atoms with E-state index >= 15 is 0 Å². The fourth-order valence-corrected chi connectivity index (χ4v) is 16.1. The van der Waals surface area contributed by atoms with Gasteiger partial charge in [0.2, 0.25) is 5.24 Å². The molecular formula is C104H140Cl2N26O9. The van der Waals surface area contributed by atoms with Crippen molar-refractivity contribution < 1.29 is 44.3 Å². The second-order valence-electron chi connectivity index (χ2n) is 37.3. The van der Waals surface area contributed by atoms with Crippen LogP contribution < -0.4 is 74.4 Å². The number of amides is 3. The molecule has 4 aliphatic heterocycles. The molecule has 4 saturated heterocycles. The van der Waals surface area contributed by atoms with E-state index in [-0.39, 0.29) is 47.9 Å². The lowest BCUT2D eigenvalue weighted by atomic mass is 10.1. The van der Waals surface area contributed by atoms with E-state index in [2.05, 4.69) is 130 Å². The molecule has 12 heterocycles. The minimum atomic E-state index is -0.541. The van der Waals surface area contributed by atoms with E-state index in [0.717, 1.165) is 242 Å². The van der Waals surface area contributed by atoms with Gasteiger partial charge in [0.1, 0.15) is 62.7 Å². The Morgan fingerprint density at radius 3 is 1.10 bits per heavy atom. The van der Waals surface area contributed by atoms with Gasteiger partial charge in [0, 0.05) is 165 Å². The Morgan fingerprint density at radius 1 is 0.461 bits per heavy atom. The molecule has 0 aliphatic carbocycles. The fraction of sp³-hybridized carbons (Fsp3) is 0.423. The summed E-state index contributed by atoms with van der Waals surface area (Å²) >= 11 is 10.8. The number of nitrogens with two attached hydrogens (primary N) is 3. The molecule has 0 saturated carbocycles. The number of allylic oxidation sites excluding steroid dienone is 3. The van der Waals surface area contributed by atoms with E-state index < -0.39 is 28.1 Å². The van der Waals surface area contributed by atoms with Gasteiger partial charge in [-0.2, -0.15) is 38.5 Å². The zero-order valence-corrected chi connectivity index (χ0v) is 85.2. The third-order valence-corrected chi connectivity index (χ3v) is 22.8. The molecule has 37 heteroatoms. The smallest absolute Gasteiger partial charge is 0.407 e. The summed E-state index contributed by atoms with van der Waals surface area (Å²) in [5.41, 5.74) is 30.7. The normalized spacial score (nSPS) is 15.8. The summed E-state index contributed by atoms with van der Waals surface area (Å²) in [5.74, 6) is 5.72. The van der Waals surface area contributed by atoms with Crippen LogP contribution in [0.15, 0.2) is 184 Å². The maximum Gasteiger partial charge on any atom is 0.407 e. The van der Waals surface area contributed by atoms with Crippen LogP contribution in [-0.4, -0.2) is 187 Å². The molecule has 4 fully saturated rings. The fourth-order valence-electron chi connectivity index (χ4n) is 15.9. The van der Waals surface area contributed by atoms with E-state index in [1.54, 1.807) is 17.5 Å². The number of fused-ring (bicyclic) bond motifs is 4. The number of anilines is 13. The highest BCUT2D eigenvalue weighted by Crippen LogP contribution is 2.34. The molecule has 3 amide bonds. The van der Waals surface area contributed by atoms with Crippen LogP contribution >= 0.6 is 23.2 Å². The van der Waals surface area contributed by atoms with Crippen molar-refractivity contribution in [1.82, 2.24) is 79.7 Å².